The zero-order valence-electron chi connectivity index (χ0n) is 12.4. The highest BCUT2D eigenvalue weighted by Gasteiger charge is 2.33. The molecule has 0 spiro atoms. The van der Waals surface area contributed by atoms with Gasteiger partial charge in [-0.1, -0.05) is 0 Å². The second-order valence-electron chi connectivity index (χ2n) is 6.78. The minimum atomic E-state index is -0.345. The zero-order valence-corrected chi connectivity index (χ0v) is 12.4. The number of piperidine rings is 1. The lowest BCUT2D eigenvalue weighted by atomic mass is 10.1. The van der Waals surface area contributed by atoms with Crippen LogP contribution in [-0.4, -0.2) is 65.8 Å². The highest BCUT2D eigenvalue weighted by atomic mass is 16.3. The summed E-state index contributed by atoms with van der Waals surface area (Å²) in [5.74, 6) is 0.423. The fourth-order valence-corrected chi connectivity index (χ4v) is 3.13. The summed E-state index contributed by atoms with van der Waals surface area (Å²) in [6.45, 7) is 2.69. The third-order valence-corrected chi connectivity index (χ3v) is 4.89. The molecule has 2 aliphatic carbocycles. The van der Waals surface area contributed by atoms with Crippen molar-refractivity contribution < 1.29 is 9.90 Å². The first kappa shape index (κ1) is 14.1. The predicted octanol–water partition coefficient (Wildman–Crippen LogP) is 1.03. The quantitative estimate of drug-likeness (QED) is 0.791. The van der Waals surface area contributed by atoms with Crippen LogP contribution in [0.5, 0.6) is 0 Å². The van der Waals surface area contributed by atoms with E-state index in [9.17, 15) is 9.90 Å². The number of rotatable bonds is 5. The van der Waals surface area contributed by atoms with E-state index in [-0.39, 0.29) is 12.1 Å². The van der Waals surface area contributed by atoms with Crippen molar-refractivity contribution in [3.8, 4) is 0 Å². The Hall–Kier alpha value is -0.810. The second-order valence-corrected chi connectivity index (χ2v) is 6.78. The SMILES string of the molecule is CN(CC(O)C1CC1)C(=O)NC1CCN(C2CC2)CC1. The number of amides is 2. The van der Waals surface area contributed by atoms with E-state index in [0.29, 0.717) is 18.5 Å². The van der Waals surface area contributed by atoms with Gasteiger partial charge in [0.15, 0.2) is 0 Å². The molecule has 2 saturated carbocycles. The number of hydrogen-bond acceptors (Lipinski definition) is 3. The van der Waals surface area contributed by atoms with Crippen LogP contribution in [0.3, 0.4) is 0 Å². The van der Waals surface area contributed by atoms with Crippen LogP contribution >= 0.6 is 0 Å². The van der Waals surface area contributed by atoms with Gasteiger partial charge < -0.3 is 20.2 Å². The summed E-state index contributed by atoms with van der Waals surface area (Å²) in [5.41, 5.74) is 0. The molecule has 1 heterocycles. The van der Waals surface area contributed by atoms with E-state index in [1.165, 1.54) is 12.8 Å². The fourth-order valence-electron chi connectivity index (χ4n) is 3.13. The number of carbonyl (C=O) groups is 1. The number of aliphatic hydroxyl groups excluding tert-OH is 1. The molecule has 1 saturated heterocycles. The van der Waals surface area contributed by atoms with Crippen LogP contribution in [0, 0.1) is 5.92 Å². The number of hydrogen-bond donors (Lipinski definition) is 2. The fraction of sp³-hybridized carbons (Fsp3) is 0.933. The molecule has 0 aromatic carbocycles. The third-order valence-electron chi connectivity index (χ3n) is 4.89. The van der Waals surface area contributed by atoms with Crippen molar-refractivity contribution in [3.63, 3.8) is 0 Å². The van der Waals surface area contributed by atoms with Gasteiger partial charge in [-0.05, 0) is 44.4 Å². The maximum absolute atomic E-state index is 12.1. The van der Waals surface area contributed by atoms with Gasteiger partial charge in [-0.25, -0.2) is 4.79 Å². The lowest BCUT2D eigenvalue weighted by Gasteiger charge is -2.33. The van der Waals surface area contributed by atoms with Gasteiger partial charge in [-0.3, -0.25) is 0 Å². The maximum Gasteiger partial charge on any atom is 0.317 e. The molecule has 5 heteroatoms. The van der Waals surface area contributed by atoms with Gasteiger partial charge in [0.05, 0.1) is 6.10 Å². The second kappa shape index (κ2) is 5.90. The van der Waals surface area contributed by atoms with Crippen LogP contribution in [0.15, 0.2) is 0 Å². The highest BCUT2D eigenvalue weighted by molar-refractivity contribution is 5.74. The molecule has 0 aromatic heterocycles. The number of likely N-dealkylation sites (tertiary alicyclic amines) is 1. The molecule has 1 unspecified atom stereocenters. The molecule has 0 bridgehead atoms. The minimum Gasteiger partial charge on any atom is -0.391 e. The standard InChI is InChI=1S/C15H27N3O2/c1-17(10-14(19)11-2-3-11)15(20)16-12-6-8-18(9-7-12)13-4-5-13/h11-14,19H,2-10H2,1H3,(H,16,20). The Morgan fingerprint density at radius 2 is 1.90 bits per heavy atom. The molecule has 3 aliphatic rings. The Morgan fingerprint density at radius 3 is 2.45 bits per heavy atom. The van der Waals surface area contributed by atoms with Gasteiger partial charge in [0, 0.05) is 38.8 Å². The van der Waals surface area contributed by atoms with Gasteiger partial charge in [0.2, 0.25) is 0 Å². The van der Waals surface area contributed by atoms with Crippen LogP contribution in [0.25, 0.3) is 0 Å². The molecule has 3 fully saturated rings. The van der Waals surface area contributed by atoms with Crippen molar-refractivity contribution in [1.82, 2.24) is 15.1 Å². The Bertz CT molecular complexity index is 347. The summed E-state index contributed by atoms with van der Waals surface area (Å²) < 4.78 is 0. The zero-order chi connectivity index (χ0) is 14.1. The smallest absolute Gasteiger partial charge is 0.317 e. The predicted molar refractivity (Wildman–Crippen MR) is 77.5 cm³/mol. The lowest BCUT2D eigenvalue weighted by Crippen LogP contribution is -2.50. The molecule has 0 aromatic rings. The van der Waals surface area contributed by atoms with Crippen molar-refractivity contribution in [2.75, 3.05) is 26.7 Å². The van der Waals surface area contributed by atoms with Gasteiger partial charge in [-0.2, -0.15) is 0 Å². The van der Waals surface area contributed by atoms with Crippen LogP contribution in [-0.2, 0) is 0 Å². The van der Waals surface area contributed by atoms with E-state index < -0.39 is 0 Å². The molecular formula is C15H27N3O2. The molecule has 114 valence electrons. The topological polar surface area (TPSA) is 55.8 Å². The first-order valence-electron chi connectivity index (χ1n) is 8.07. The van der Waals surface area contributed by atoms with Gasteiger partial charge in [0.1, 0.15) is 0 Å². The number of nitrogens with one attached hydrogen (secondary N) is 1. The van der Waals surface area contributed by atoms with E-state index in [0.717, 1.165) is 44.8 Å². The van der Waals surface area contributed by atoms with Crippen LogP contribution in [0.4, 0.5) is 4.79 Å². The maximum atomic E-state index is 12.1. The molecule has 3 rings (SSSR count). The van der Waals surface area contributed by atoms with Crippen LogP contribution in [0.2, 0.25) is 0 Å². The Labute approximate surface area is 121 Å². The van der Waals surface area contributed by atoms with Crippen LogP contribution in [0.1, 0.15) is 38.5 Å². The van der Waals surface area contributed by atoms with E-state index in [1.54, 1.807) is 11.9 Å². The minimum absolute atomic E-state index is 0.0328. The van der Waals surface area contributed by atoms with Crippen LogP contribution < -0.4 is 5.32 Å². The third kappa shape index (κ3) is 3.64. The number of nitrogens with zero attached hydrogens (tertiary/aromatic N) is 2. The summed E-state index contributed by atoms with van der Waals surface area (Å²) >= 11 is 0. The normalized spacial score (nSPS) is 26.3. The van der Waals surface area contributed by atoms with Gasteiger partial charge in [-0.15, -0.1) is 0 Å². The molecule has 20 heavy (non-hydrogen) atoms. The van der Waals surface area contributed by atoms with E-state index in [1.807, 2.05) is 0 Å². The monoisotopic (exact) mass is 281 g/mol. The summed E-state index contributed by atoms with van der Waals surface area (Å²) in [5, 5.41) is 13.0. The molecule has 2 amide bonds. The van der Waals surface area contributed by atoms with Crippen molar-refractivity contribution in [2.45, 2.75) is 56.7 Å². The summed E-state index contributed by atoms with van der Waals surface area (Å²) in [6, 6.07) is 1.11. The molecule has 1 atom stereocenters. The number of carbonyl (C=O) groups excluding carboxylic acids is 1. The van der Waals surface area contributed by atoms with Crippen molar-refractivity contribution >= 4 is 6.03 Å². The van der Waals surface area contributed by atoms with Gasteiger partial charge >= 0.3 is 6.03 Å². The molecule has 0 radical (unpaired) electrons. The number of aliphatic hydroxyl groups is 1. The average molecular weight is 281 g/mol. The summed E-state index contributed by atoms with van der Waals surface area (Å²) in [7, 11) is 1.78. The Balaban J connectivity index is 1.37. The van der Waals surface area contributed by atoms with Crippen molar-refractivity contribution in [1.29, 1.82) is 0 Å². The Morgan fingerprint density at radius 1 is 1.25 bits per heavy atom. The van der Waals surface area contributed by atoms with Crippen molar-refractivity contribution in [2.24, 2.45) is 5.92 Å². The average Bonchev–Trinajstić information content (AvgIpc) is 3.31. The first-order valence-corrected chi connectivity index (χ1v) is 8.07. The lowest BCUT2D eigenvalue weighted by molar-refractivity contribution is 0.110. The van der Waals surface area contributed by atoms with Crippen molar-refractivity contribution in [3.05, 3.63) is 0 Å². The van der Waals surface area contributed by atoms with E-state index in [2.05, 4.69) is 10.2 Å². The van der Waals surface area contributed by atoms with E-state index in [4.69, 9.17) is 0 Å². The van der Waals surface area contributed by atoms with Gasteiger partial charge in [0.25, 0.3) is 0 Å². The molecule has 5 nitrogen and oxygen atoms in total. The molecule has 1 aliphatic heterocycles. The summed E-state index contributed by atoms with van der Waals surface area (Å²) in [4.78, 5) is 16.3. The highest BCUT2D eigenvalue weighted by Crippen LogP contribution is 2.32. The number of urea groups is 1. The largest absolute Gasteiger partial charge is 0.391 e. The first-order chi connectivity index (χ1) is 9.63. The van der Waals surface area contributed by atoms with E-state index >= 15 is 0 Å². The summed E-state index contributed by atoms with van der Waals surface area (Å²) in [6.07, 6.45) is 6.70. The molecule has 2 N–H and O–H groups in total. The number of likely N-dealkylation sites (N-methyl/N-ethyl adjacent to an activating group) is 1. The molecular weight excluding hydrogens is 254 g/mol. The Kier molecular flexibility index (Phi) is 4.17.